The number of hydrogen-bond donors (Lipinski definition) is 1. The highest BCUT2D eigenvalue weighted by atomic mass is 32.2. The zero-order valence-electron chi connectivity index (χ0n) is 16.7. The molecule has 2 aromatic rings. The van der Waals surface area contributed by atoms with Gasteiger partial charge in [0.25, 0.3) is 0 Å². The van der Waals surface area contributed by atoms with E-state index < -0.39 is 10.0 Å². The van der Waals surface area contributed by atoms with Gasteiger partial charge in [0.15, 0.2) is 0 Å². The van der Waals surface area contributed by atoms with Crippen LogP contribution in [0.3, 0.4) is 0 Å². The van der Waals surface area contributed by atoms with Crippen molar-refractivity contribution in [3.8, 4) is 5.75 Å². The van der Waals surface area contributed by atoms with Gasteiger partial charge >= 0.3 is 0 Å². The van der Waals surface area contributed by atoms with Crippen molar-refractivity contribution < 1.29 is 17.9 Å². The highest BCUT2D eigenvalue weighted by Crippen LogP contribution is 2.23. The number of carbonyl (C=O) groups is 1. The number of rotatable bonds is 7. The lowest BCUT2D eigenvalue weighted by molar-refractivity contribution is -0.126. The predicted octanol–water partition coefficient (Wildman–Crippen LogP) is 2.59. The number of hydrogen-bond acceptors (Lipinski definition) is 5. The highest BCUT2D eigenvalue weighted by molar-refractivity contribution is 7.89. The van der Waals surface area contributed by atoms with E-state index >= 15 is 0 Å². The van der Waals surface area contributed by atoms with Gasteiger partial charge in [0.2, 0.25) is 15.9 Å². The van der Waals surface area contributed by atoms with Gasteiger partial charge in [0.1, 0.15) is 10.6 Å². The Kier molecular flexibility index (Phi) is 6.87. The van der Waals surface area contributed by atoms with Gasteiger partial charge in [-0.2, -0.15) is 4.31 Å². The van der Waals surface area contributed by atoms with Gasteiger partial charge in [-0.15, -0.1) is 0 Å². The Morgan fingerprint density at radius 2 is 1.90 bits per heavy atom. The van der Waals surface area contributed by atoms with Gasteiger partial charge in [0, 0.05) is 37.9 Å². The van der Waals surface area contributed by atoms with Crippen molar-refractivity contribution in [2.45, 2.75) is 44.2 Å². The smallest absolute Gasteiger partial charge is 0.244 e. The van der Waals surface area contributed by atoms with Crippen LogP contribution in [-0.4, -0.2) is 42.8 Å². The van der Waals surface area contributed by atoms with E-state index in [1.807, 2.05) is 38.1 Å². The first kappa shape index (κ1) is 21.3. The number of benzene rings is 1. The molecule has 7 nitrogen and oxygen atoms in total. The molecule has 0 aliphatic carbocycles. The lowest BCUT2D eigenvalue weighted by Crippen LogP contribution is -2.42. The summed E-state index contributed by atoms with van der Waals surface area (Å²) in [6, 6.07) is 10.8. The van der Waals surface area contributed by atoms with Gasteiger partial charge < -0.3 is 10.1 Å². The van der Waals surface area contributed by atoms with Crippen LogP contribution in [0.25, 0.3) is 0 Å². The second kappa shape index (κ2) is 9.37. The topological polar surface area (TPSA) is 88.6 Å². The maximum absolute atomic E-state index is 12.6. The number of piperidine rings is 1. The third-order valence-corrected chi connectivity index (χ3v) is 6.74. The van der Waals surface area contributed by atoms with E-state index in [1.165, 1.54) is 10.5 Å². The molecule has 0 radical (unpaired) electrons. The average molecular weight is 418 g/mol. The molecule has 3 rings (SSSR count). The van der Waals surface area contributed by atoms with Gasteiger partial charge in [-0.3, -0.25) is 9.78 Å². The van der Waals surface area contributed by atoms with E-state index in [0.717, 1.165) is 11.3 Å². The molecule has 0 spiro atoms. The molecule has 0 unspecified atom stereocenters. The Balaban J connectivity index is 1.49. The number of carbonyl (C=O) groups excluding carboxylic acids is 1. The molecule has 1 N–H and O–H groups in total. The third-order valence-electron chi connectivity index (χ3n) is 4.86. The molecule has 1 aromatic heterocycles. The monoisotopic (exact) mass is 417 g/mol. The number of amides is 1. The predicted molar refractivity (Wildman–Crippen MR) is 110 cm³/mol. The molecule has 0 bridgehead atoms. The fourth-order valence-corrected chi connectivity index (χ4v) is 4.73. The van der Waals surface area contributed by atoms with E-state index in [1.54, 1.807) is 18.3 Å². The lowest BCUT2D eigenvalue weighted by Gasteiger charge is -2.30. The molecular formula is C21H27N3O4S. The SMILES string of the molecule is CC(C)Oc1ccc(CNC(=O)C2CCN(S(=O)(=O)c3cccnc3)CC2)cc1. The minimum atomic E-state index is -3.55. The largest absolute Gasteiger partial charge is 0.491 e. The van der Waals surface area contributed by atoms with E-state index in [-0.39, 0.29) is 22.8 Å². The Hall–Kier alpha value is -2.45. The van der Waals surface area contributed by atoms with Crippen LogP contribution in [0.15, 0.2) is 53.7 Å². The van der Waals surface area contributed by atoms with Crippen molar-refractivity contribution in [1.82, 2.24) is 14.6 Å². The van der Waals surface area contributed by atoms with Crippen LogP contribution in [0.5, 0.6) is 5.75 Å². The minimum Gasteiger partial charge on any atom is -0.491 e. The first-order valence-corrected chi connectivity index (χ1v) is 11.2. The highest BCUT2D eigenvalue weighted by Gasteiger charge is 2.32. The van der Waals surface area contributed by atoms with E-state index in [0.29, 0.717) is 32.5 Å². The molecule has 1 aromatic carbocycles. The van der Waals surface area contributed by atoms with Gasteiger partial charge in [-0.1, -0.05) is 12.1 Å². The Bertz CT molecular complexity index is 907. The molecule has 1 aliphatic heterocycles. The molecule has 29 heavy (non-hydrogen) atoms. The normalized spacial score (nSPS) is 16.0. The maximum atomic E-state index is 12.6. The zero-order valence-corrected chi connectivity index (χ0v) is 17.6. The summed E-state index contributed by atoms with van der Waals surface area (Å²) in [4.78, 5) is 16.6. The number of sulfonamides is 1. The molecule has 1 aliphatic rings. The second-order valence-corrected chi connectivity index (χ2v) is 9.33. The summed E-state index contributed by atoms with van der Waals surface area (Å²) in [5, 5.41) is 2.96. The van der Waals surface area contributed by atoms with Gasteiger partial charge in [-0.05, 0) is 56.5 Å². The van der Waals surface area contributed by atoms with Crippen molar-refractivity contribution in [1.29, 1.82) is 0 Å². The van der Waals surface area contributed by atoms with Crippen molar-refractivity contribution in [2.75, 3.05) is 13.1 Å². The number of nitrogens with one attached hydrogen (secondary N) is 1. The minimum absolute atomic E-state index is 0.0362. The maximum Gasteiger partial charge on any atom is 0.244 e. The zero-order chi connectivity index (χ0) is 20.9. The third kappa shape index (κ3) is 5.55. The standard InChI is InChI=1S/C21H27N3O4S/c1-16(2)28-19-7-5-17(6-8-19)14-23-21(25)18-9-12-24(13-10-18)29(26,27)20-4-3-11-22-15-20/h3-8,11,15-16,18H,9-10,12-14H2,1-2H3,(H,23,25). The van der Waals surface area contributed by atoms with E-state index in [2.05, 4.69) is 10.3 Å². The van der Waals surface area contributed by atoms with Crippen LogP contribution in [0.1, 0.15) is 32.3 Å². The van der Waals surface area contributed by atoms with Crippen LogP contribution in [0.2, 0.25) is 0 Å². The van der Waals surface area contributed by atoms with Crippen LogP contribution < -0.4 is 10.1 Å². The molecule has 1 saturated heterocycles. The average Bonchev–Trinajstić information content (AvgIpc) is 2.73. The summed E-state index contributed by atoms with van der Waals surface area (Å²) in [6.45, 7) is 5.05. The fourth-order valence-electron chi connectivity index (χ4n) is 3.30. The first-order valence-electron chi connectivity index (χ1n) is 9.80. The Morgan fingerprint density at radius 1 is 1.21 bits per heavy atom. The molecule has 0 atom stereocenters. The Morgan fingerprint density at radius 3 is 2.48 bits per heavy atom. The summed E-state index contributed by atoms with van der Waals surface area (Å²) in [6.07, 6.45) is 4.03. The van der Waals surface area contributed by atoms with Crippen molar-refractivity contribution in [2.24, 2.45) is 5.92 Å². The van der Waals surface area contributed by atoms with Gasteiger partial charge in [0.05, 0.1) is 6.10 Å². The molecule has 1 fully saturated rings. The molecule has 156 valence electrons. The summed E-state index contributed by atoms with van der Waals surface area (Å²) in [7, 11) is -3.55. The van der Waals surface area contributed by atoms with E-state index in [4.69, 9.17) is 4.74 Å². The molecule has 2 heterocycles. The number of ether oxygens (including phenoxy) is 1. The van der Waals surface area contributed by atoms with Crippen molar-refractivity contribution in [3.63, 3.8) is 0 Å². The van der Waals surface area contributed by atoms with Crippen LogP contribution >= 0.6 is 0 Å². The van der Waals surface area contributed by atoms with E-state index in [9.17, 15) is 13.2 Å². The molecule has 8 heteroatoms. The summed E-state index contributed by atoms with van der Waals surface area (Å²) < 4.78 is 32.3. The fraction of sp³-hybridized carbons (Fsp3) is 0.429. The first-order chi connectivity index (χ1) is 13.9. The Labute approximate surface area is 172 Å². The number of nitrogens with zero attached hydrogens (tertiary/aromatic N) is 2. The summed E-state index contributed by atoms with van der Waals surface area (Å²) in [5.41, 5.74) is 0.992. The lowest BCUT2D eigenvalue weighted by atomic mass is 9.97. The molecular weight excluding hydrogens is 390 g/mol. The van der Waals surface area contributed by atoms with Crippen molar-refractivity contribution in [3.05, 3.63) is 54.4 Å². The van der Waals surface area contributed by atoms with Gasteiger partial charge in [-0.25, -0.2) is 8.42 Å². The second-order valence-electron chi connectivity index (χ2n) is 7.40. The van der Waals surface area contributed by atoms with Crippen LogP contribution in [0, 0.1) is 5.92 Å². The summed E-state index contributed by atoms with van der Waals surface area (Å²) in [5.74, 6) is 0.585. The quantitative estimate of drug-likeness (QED) is 0.748. The van der Waals surface area contributed by atoms with Crippen molar-refractivity contribution >= 4 is 15.9 Å². The van der Waals surface area contributed by atoms with Crippen LogP contribution in [0.4, 0.5) is 0 Å². The molecule has 0 saturated carbocycles. The van der Waals surface area contributed by atoms with Crippen LogP contribution in [-0.2, 0) is 21.4 Å². The number of pyridine rings is 1. The summed E-state index contributed by atoms with van der Waals surface area (Å²) >= 11 is 0. The number of aromatic nitrogens is 1. The molecule has 1 amide bonds.